The molecule has 1 aromatic heterocycles. The Kier molecular flexibility index (Phi) is 4.04. The Balaban J connectivity index is 2.21. The molecule has 0 aliphatic carbocycles. The van der Waals surface area contributed by atoms with E-state index in [0.717, 1.165) is 11.1 Å². The van der Waals surface area contributed by atoms with Crippen LogP contribution in [0.2, 0.25) is 0 Å². The molecular formula is C13H13NO3S. The number of thioether (sulfide) groups is 1. The molecule has 1 aromatic carbocycles. The third-order valence-corrected chi connectivity index (χ3v) is 3.35. The maximum absolute atomic E-state index is 10.6. The SMILES string of the molecule is CSc1ccc(-c2oncc2CCC(=O)O)cc1. The van der Waals surface area contributed by atoms with E-state index in [2.05, 4.69) is 5.16 Å². The fourth-order valence-corrected chi connectivity index (χ4v) is 2.07. The van der Waals surface area contributed by atoms with Gasteiger partial charge in [-0.05, 0) is 24.8 Å². The van der Waals surface area contributed by atoms with Crippen LogP contribution in [0.15, 0.2) is 39.9 Å². The first-order valence-corrected chi connectivity index (χ1v) is 6.73. The van der Waals surface area contributed by atoms with Crippen LogP contribution in [0.4, 0.5) is 0 Å². The van der Waals surface area contributed by atoms with E-state index in [1.54, 1.807) is 18.0 Å². The standard InChI is InChI=1S/C13H13NO3S/c1-18-11-5-2-9(3-6-11)13-10(8-14-17-13)4-7-12(15)16/h2-3,5-6,8H,4,7H2,1H3,(H,15,16). The number of carboxylic acids is 1. The van der Waals surface area contributed by atoms with Crippen molar-refractivity contribution < 1.29 is 14.4 Å². The van der Waals surface area contributed by atoms with Gasteiger partial charge >= 0.3 is 5.97 Å². The lowest BCUT2D eigenvalue weighted by Gasteiger charge is -2.01. The molecule has 1 heterocycles. The molecule has 0 saturated heterocycles. The van der Waals surface area contributed by atoms with Crippen molar-refractivity contribution in [2.45, 2.75) is 17.7 Å². The normalized spacial score (nSPS) is 10.5. The van der Waals surface area contributed by atoms with Crippen LogP contribution < -0.4 is 0 Å². The number of carbonyl (C=O) groups is 1. The third kappa shape index (κ3) is 2.92. The number of benzene rings is 1. The van der Waals surface area contributed by atoms with Crippen LogP contribution in [0.25, 0.3) is 11.3 Å². The van der Waals surface area contributed by atoms with Crippen LogP contribution in [0.1, 0.15) is 12.0 Å². The van der Waals surface area contributed by atoms with E-state index in [9.17, 15) is 4.79 Å². The molecule has 0 spiro atoms. The smallest absolute Gasteiger partial charge is 0.303 e. The number of aliphatic carboxylic acids is 1. The van der Waals surface area contributed by atoms with Gasteiger partial charge in [-0.25, -0.2) is 0 Å². The molecule has 0 atom stereocenters. The highest BCUT2D eigenvalue weighted by atomic mass is 32.2. The predicted molar refractivity (Wildman–Crippen MR) is 69.7 cm³/mol. The fraction of sp³-hybridized carbons (Fsp3) is 0.231. The predicted octanol–water partition coefficient (Wildman–Crippen LogP) is 3.08. The van der Waals surface area contributed by atoms with Gasteiger partial charge in [0.2, 0.25) is 0 Å². The number of rotatable bonds is 5. The second-order valence-electron chi connectivity index (χ2n) is 3.80. The zero-order chi connectivity index (χ0) is 13.0. The number of hydrogen-bond acceptors (Lipinski definition) is 4. The molecule has 0 unspecified atom stereocenters. The summed E-state index contributed by atoms with van der Waals surface area (Å²) in [5.41, 5.74) is 1.75. The maximum Gasteiger partial charge on any atom is 0.303 e. The van der Waals surface area contributed by atoms with Crippen molar-refractivity contribution in [3.05, 3.63) is 36.0 Å². The van der Waals surface area contributed by atoms with Crippen LogP contribution in [0.5, 0.6) is 0 Å². The van der Waals surface area contributed by atoms with Crippen molar-refractivity contribution >= 4 is 17.7 Å². The Bertz CT molecular complexity index is 533. The molecule has 2 rings (SSSR count). The summed E-state index contributed by atoms with van der Waals surface area (Å²) >= 11 is 1.67. The van der Waals surface area contributed by atoms with E-state index in [1.807, 2.05) is 30.5 Å². The van der Waals surface area contributed by atoms with Gasteiger partial charge in [-0.15, -0.1) is 11.8 Å². The van der Waals surface area contributed by atoms with Gasteiger partial charge < -0.3 is 9.63 Å². The van der Waals surface area contributed by atoms with E-state index in [0.29, 0.717) is 12.2 Å². The molecule has 0 aliphatic heterocycles. The summed E-state index contributed by atoms with van der Waals surface area (Å²) in [6.45, 7) is 0. The molecule has 0 saturated carbocycles. The summed E-state index contributed by atoms with van der Waals surface area (Å²) in [7, 11) is 0. The van der Waals surface area contributed by atoms with Crippen molar-refractivity contribution in [1.82, 2.24) is 5.16 Å². The number of aromatic nitrogens is 1. The molecule has 18 heavy (non-hydrogen) atoms. The topological polar surface area (TPSA) is 63.3 Å². The number of hydrogen-bond donors (Lipinski definition) is 1. The van der Waals surface area contributed by atoms with Crippen molar-refractivity contribution in [2.75, 3.05) is 6.26 Å². The van der Waals surface area contributed by atoms with Crippen LogP contribution in [0.3, 0.4) is 0 Å². The largest absolute Gasteiger partial charge is 0.481 e. The lowest BCUT2D eigenvalue weighted by molar-refractivity contribution is -0.136. The second kappa shape index (κ2) is 5.73. The average molecular weight is 263 g/mol. The van der Waals surface area contributed by atoms with Crippen molar-refractivity contribution in [3.8, 4) is 11.3 Å². The molecule has 4 nitrogen and oxygen atoms in total. The minimum absolute atomic E-state index is 0.0805. The van der Waals surface area contributed by atoms with Crippen LogP contribution in [-0.2, 0) is 11.2 Å². The van der Waals surface area contributed by atoms with Gasteiger partial charge in [0.25, 0.3) is 0 Å². The second-order valence-corrected chi connectivity index (χ2v) is 4.68. The van der Waals surface area contributed by atoms with Crippen molar-refractivity contribution in [2.24, 2.45) is 0 Å². The lowest BCUT2D eigenvalue weighted by atomic mass is 10.1. The van der Waals surface area contributed by atoms with Crippen LogP contribution >= 0.6 is 11.8 Å². The zero-order valence-corrected chi connectivity index (χ0v) is 10.7. The molecule has 0 amide bonds. The highest BCUT2D eigenvalue weighted by molar-refractivity contribution is 7.98. The molecule has 0 fully saturated rings. The molecule has 94 valence electrons. The molecule has 0 aliphatic rings. The summed E-state index contributed by atoms with van der Waals surface area (Å²) in [4.78, 5) is 11.7. The number of nitrogens with zero attached hydrogens (tertiary/aromatic N) is 1. The maximum atomic E-state index is 10.6. The monoisotopic (exact) mass is 263 g/mol. The molecule has 2 aromatic rings. The van der Waals surface area contributed by atoms with Crippen LogP contribution in [0, 0.1) is 0 Å². The van der Waals surface area contributed by atoms with Gasteiger partial charge in [0.1, 0.15) is 0 Å². The minimum atomic E-state index is -0.820. The summed E-state index contributed by atoms with van der Waals surface area (Å²) in [5.74, 6) is -0.163. The summed E-state index contributed by atoms with van der Waals surface area (Å²) in [5, 5.41) is 12.4. The van der Waals surface area contributed by atoms with Gasteiger partial charge in [0.05, 0.1) is 6.20 Å². The Labute approximate surface area is 109 Å². The highest BCUT2D eigenvalue weighted by Crippen LogP contribution is 2.26. The van der Waals surface area contributed by atoms with E-state index in [-0.39, 0.29) is 6.42 Å². The van der Waals surface area contributed by atoms with E-state index in [1.165, 1.54) is 4.90 Å². The van der Waals surface area contributed by atoms with E-state index in [4.69, 9.17) is 9.63 Å². The lowest BCUT2D eigenvalue weighted by Crippen LogP contribution is -1.97. The Hall–Kier alpha value is -1.75. The molecule has 1 N–H and O–H groups in total. The van der Waals surface area contributed by atoms with Gasteiger partial charge in [-0.2, -0.15) is 0 Å². The Morgan fingerprint density at radius 2 is 2.11 bits per heavy atom. The first-order chi connectivity index (χ1) is 8.70. The average Bonchev–Trinajstić information content (AvgIpc) is 2.85. The van der Waals surface area contributed by atoms with Gasteiger partial charge in [0.15, 0.2) is 5.76 Å². The van der Waals surface area contributed by atoms with Gasteiger partial charge in [-0.1, -0.05) is 17.3 Å². The molecule has 0 radical (unpaired) electrons. The van der Waals surface area contributed by atoms with Crippen LogP contribution in [-0.4, -0.2) is 22.5 Å². The number of carboxylic acid groups (broad SMARTS) is 1. The Morgan fingerprint density at radius 3 is 2.72 bits per heavy atom. The highest BCUT2D eigenvalue weighted by Gasteiger charge is 2.11. The third-order valence-electron chi connectivity index (χ3n) is 2.60. The number of aryl methyl sites for hydroxylation is 1. The first kappa shape index (κ1) is 12.7. The summed E-state index contributed by atoms with van der Waals surface area (Å²) in [6, 6.07) is 7.92. The van der Waals surface area contributed by atoms with Gasteiger partial charge in [-0.3, -0.25) is 4.79 Å². The van der Waals surface area contributed by atoms with Crippen molar-refractivity contribution in [1.29, 1.82) is 0 Å². The Morgan fingerprint density at radius 1 is 1.39 bits per heavy atom. The first-order valence-electron chi connectivity index (χ1n) is 5.50. The van der Waals surface area contributed by atoms with E-state index < -0.39 is 5.97 Å². The summed E-state index contributed by atoms with van der Waals surface area (Å²) in [6.07, 6.45) is 4.11. The summed E-state index contributed by atoms with van der Waals surface area (Å²) < 4.78 is 5.21. The van der Waals surface area contributed by atoms with Crippen molar-refractivity contribution in [3.63, 3.8) is 0 Å². The quantitative estimate of drug-likeness (QED) is 0.840. The molecular weight excluding hydrogens is 250 g/mol. The minimum Gasteiger partial charge on any atom is -0.481 e. The van der Waals surface area contributed by atoms with Gasteiger partial charge in [0, 0.05) is 22.4 Å². The fourth-order valence-electron chi connectivity index (χ4n) is 1.66. The zero-order valence-electron chi connectivity index (χ0n) is 9.92. The molecule has 5 heteroatoms. The molecule has 0 bridgehead atoms. The van der Waals surface area contributed by atoms with E-state index >= 15 is 0 Å².